The van der Waals surface area contributed by atoms with E-state index < -0.39 is 24.5 Å². The summed E-state index contributed by atoms with van der Waals surface area (Å²) in [5, 5.41) is 0. The van der Waals surface area contributed by atoms with E-state index in [1.165, 1.54) is 13.2 Å². The predicted molar refractivity (Wildman–Crippen MR) is 50.9 cm³/mol. The maximum Gasteiger partial charge on any atom is 0.416 e. The van der Waals surface area contributed by atoms with Crippen molar-refractivity contribution in [1.29, 1.82) is 0 Å². The van der Waals surface area contributed by atoms with Gasteiger partial charge in [-0.1, -0.05) is 0 Å². The maximum atomic E-state index is 12.5. The number of alkyl halides is 4. The van der Waals surface area contributed by atoms with Gasteiger partial charge < -0.3 is 10.5 Å². The molecule has 0 saturated carbocycles. The number of hydrogen-bond donors (Lipinski definition) is 1. The molecule has 1 aromatic carbocycles. The van der Waals surface area contributed by atoms with Crippen LogP contribution in [0.2, 0.25) is 0 Å². The fraction of sp³-hybridized carbons (Fsp3) is 0.400. The van der Waals surface area contributed by atoms with Crippen LogP contribution in [0.5, 0.6) is 5.75 Å². The number of hydrogen-bond acceptors (Lipinski definition) is 2. The van der Waals surface area contributed by atoms with Crippen molar-refractivity contribution in [3.8, 4) is 5.75 Å². The van der Waals surface area contributed by atoms with Gasteiger partial charge in [0.1, 0.15) is 12.4 Å². The molecule has 0 heterocycles. The molecule has 0 bridgehead atoms. The molecule has 0 aliphatic rings. The molecular weight excluding hydrogens is 226 g/mol. The number of rotatable bonds is 3. The highest BCUT2D eigenvalue weighted by molar-refractivity contribution is 5.37. The molecule has 90 valence electrons. The topological polar surface area (TPSA) is 35.2 Å². The summed E-state index contributed by atoms with van der Waals surface area (Å²) in [5.74, 6) is 0.00808. The first-order valence-corrected chi connectivity index (χ1v) is 4.46. The molecular formula is C10H11F4NO. The van der Waals surface area contributed by atoms with Crippen molar-refractivity contribution in [2.75, 3.05) is 13.8 Å². The lowest BCUT2D eigenvalue weighted by Crippen LogP contribution is -2.14. The van der Waals surface area contributed by atoms with Gasteiger partial charge in [0.25, 0.3) is 0 Å². The zero-order valence-corrected chi connectivity index (χ0v) is 8.51. The molecule has 0 saturated heterocycles. The Hall–Kier alpha value is -1.30. The highest BCUT2D eigenvalue weighted by atomic mass is 19.4. The van der Waals surface area contributed by atoms with E-state index in [4.69, 9.17) is 10.5 Å². The van der Waals surface area contributed by atoms with Gasteiger partial charge in [-0.05, 0) is 23.8 Å². The Morgan fingerprint density at radius 1 is 1.31 bits per heavy atom. The standard InChI is InChI=1S/C10H11F4NO/c1-16-8-3-6(9(15)5-11)2-7(4-8)10(12,13)14/h2-4,9H,5,15H2,1H3/t9-/m1/s1. The summed E-state index contributed by atoms with van der Waals surface area (Å²) in [4.78, 5) is 0. The van der Waals surface area contributed by atoms with Crippen LogP contribution in [-0.2, 0) is 6.18 Å². The van der Waals surface area contributed by atoms with Crippen LogP contribution in [0, 0.1) is 0 Å². The van der Waals surface area contributed by atoms with E-state index in [0.29, 0.717) is 0 Å². The van der Waals surface area contributed by atoms with E-state index in [9.17, 15) is 17.6 Å². The number of ether oxygens (including phenoxy) is 1. The number of benzene rings is 1. The molecule has 0 radical (unpaired) electrons. The minimum Gasteiger partial charge on any atom is -0.497 e. The summed E-state index contributed by atoms with van der Waals surface area (Å²) in [6, 6.07) is 1.89. The fourth-order valence-electron chi connectivity index (χ4n) is 1.21. The molecule has 0 aliphatic carbocycles. The van der Waals surface area contributed by atoms with Crippen LogP contribution in [0.15, 0.2) is 18.2 Å². The van der Waals surface area contributed by atoms with Crippen molar-refractivity contribution >= 4 is 0 Å². The Kier molecular flexibility index (Phi) is 3.74. The van der Waals surface area contributed by atoms with Gasteiger partial charge in [-0.3, -0.25) is 0 Å². The number of nitrogens with two attached hydrogens (primary N) is 1. The molecule has 0 unspecified atom stereocenters. The lowest BCUT2D eigenvalue weighted by atomic mass is 10.0. The van der Waals surface area contributed by atoms with Gasteiger partial charge >= 0.3 is 6.18 Å². The first-order chi connectivity index (χ1) is 7.38. The molecule has 0 aliphatic heterocycles. The minimum atomic E-state index is -4.50. The smallest absolute Gasteiger partial charge is 0.416 e. The van der Waals surface area contributed by atoms with Crippen molar-refractivity contribution in [2.24, 2.45) is 5.73 Å². The van der Waals surface area contributed by atoms with Gasteiger partial charge in [-0.2, -0.15) is 13.2 Å². The maximum absolute atomic E-state index is 12.5. The van der Waals surface area contributed by atoms with Gasteiger partial charge in [0.05, 0.1) is 18.7 Å². The van der Waals surface area contributed by atoms with Crippen LogP contribution in [0.3, 0.4) is 0 Å². The van der Waals surface area contributed by atoms with Crippen LogP contribution >= 0.6 is 0 Å². The average molecular weight is 237 g/mol. The Bertz CT molecular complexity index is 364. The molecule has 2 nitrogen and oxygen atoms in total. The van der Waals surface area contributed by atoms with Gasteiger partial charge in [0.15, 0.2) is 0 Å². The summed E-state index contributed by atoms with van der Waals surface area (Å²) < 4.78 is 54.4. The third kappa shape index (κ3) is 2.85. The van der Waals surface area contributed by atoms with E-state index in [1.54, 1.807) is 0 Å². The van der Waals surface area contributed by atoms with E-state index in [2.05, 4.69) is 0 Å². The van der Waals surface area contributed by atoms with Gasteiger partial charge in [-0.25, -0.2) is 4.39 Å². The lowest BCUT2D eigenvalue weighted by molar-refractivity contribution is -0.137. The number of halogens is 4. The van der Waals surface area contributed by atoms with Crippen molar-refractivity contribution in [3.63, 3.8) is 0 Å². The Labute approximate surface area is 90.0 Å². The second-order valence-corrected chi connectivity index (χ2v) is 3.25. The molecule has 16 heavy (non-hydrogen) atoms. The molecule has 1 atom stereocenters. The zero-order valence-electron chi connectivity index (χ0n) is 8.51. The first kappa shape index (κ1) is 12.8. The molecule has 0 fully saturated rings. The van der Waals surface area contributed by atoms with Crippen LogP contribution in [0.1, 0.15) is 17.2 Å². The Morgan fingerprint density at radius 2 is 1.94 bits per heavy atom. The monoisotopic (exact) mass is 237 g/mol. The number of methoxy groups -OCH3 is 1. The first-order valence-electron chi connectivity index (χ1n) is 4.46. The van der Waals surface area contributed by atoms with E-state index >= 15 is 0 Å². The van der Waals surface area contributed by atoms with Crippen LogP contribution in [0.25, 0.3) is 0 Å². The molecule has 0 aromatic heterocycles. The van der Waals surface area contributed by atoms with Crippen molar-refractivity contribution in [1.82, 2.24) is 0 Å². The molecule has 0 amide bonds. The van der Waals surface area contributed by atoms with Gasteiger partial charge in [0, 0.05) is 0 Å². The van der Waals surface area contributed by atoms with Crippen LogP contribution < -0.4 is 10.5 Å². The zero-order chi connectivity index (χ0) is 12.3. The lowest BCUT2D eigenvalue weighted by Gasteiger charge is -2.14. The summed E-state index contributed by atoms with van der Waals surface area (Å²) in [7, 11) is 1.24. The second-order valence-electron chi connectivity index (χ2n) is 3.25. The predicted octanol–water partition coefficient (Wildman–Crippen LogP) is 2.68. The molecule has 1 aromatic rings. The Morgan fingerprint density at radius 3 is 2.38 bits per heavy atom. The van der Waals surface area contributed by atoms with E-state index in [-0.39, 0.29) is 11.3 Å². The molecule has 0 spiro atoms. The molecule has 1 rings (SSSR count). The summed E-state index contributed by atoms with van der Waals surface area (Å²) in [5.41, 5.74) is 4.50. The second kappa shape index (κ2) is 4.69. The highest BCUT2D eigenvalue weighted by Crippen LogP contribution is 2.33. The Balaban J connectivity index is 3.21. The van der Waals surface area contributed by atoms with Crippen LogP contribution in [0.4, 0.5) is 17.6 Å². The van der Waals surface area contributed by atoms with Crippen molar-refractivity contribution in [2.45, 2.75) is 12.2 Å². The van der Waals surface area contributed by atoms with E-state index in [0.717, 1.165) is 12.1 Å². The quantitative estimate of drug-likeness (QED) is 0.820. The SMILES string of the molecule is COc1cc([C@H](N)CF)cc(C(F)(F)F)c1. The fourth-order valence-corrected chi connectivity index (χ4v) is 1.21. The third-order valence-corrected chi connectivity index (χ3v) is 2.09. The minimum absolute atomic E-state index is 0.00808. The summed E-state index contributed by atoms with van der Waals surface area (Å²) in [6.07, 6.45) is -4.50. The van der Waals surface area contributed by atoms with Crippen molar-refractivity contribution in [3.05, 3.63) is 29.3 Å². The summed E-state index contributed by atoms with van der Waals surface area (Å²) >= 11 is 0. The van der Waals surface area contributed by atoms with Crippen molar-refractivity contribution < 1.29 is 22.3 Å². The highest BCUT2D eigenvalue weighted by Gasteiger charge is 2.31. The molecule has 6 heteroatoms. The molecule has 2 N–H and O–H groups in total. The largest absolute Gasteiger partial charge is 0.497 e. The van der Waals surface area contributed by atoms with Gasteiger partial charge in [0.2, 0.25) is 0 Å². The summed E-state index contributed by atoms with van der Waals surface area (Å²) in [6.45, 7) is -0.926. The average Bonchev–Trinajstić information content (AvgIpc) is 2.26. The third-order valence-electron chi connectivity index (χ3n) is 2.09. The normalized spacial score (nSPS) is 13.6. The van der Waals surface area contributed by atoms with Gasteiger partial charge in [-0.15, -0.1) is 0 Å². The van der Waals surface area contributed by atoms with E-state index in [1.807, 2.05) is 0 Å². The van der Waals surface area contributed by atoms with Crippen LogP contribution in [-0.4, -0.2) is 13.8 Å².